The van der Waals surface area contributed by atoms with Crippen molar-refractivity contribution < 1.29 is 0 Å². The Labute approximate surface area is 126 Å². The van der Waals surface area contributed by atoms with E-state index in [9.17, 15) is 5.26 Å². The average molecular weight is 357 g/mol. The fourth-order valence-corrected chi connectivity index (χ4v) is 3.24. The van der Waals surface area contributed by atoms with Gasteiger partial charge in [0.25, 0.3) is 0 Å². The van der Waals surface area contributed by atoms with Crippen molar-refractivity contribution in [3.05, 3.63) is 59.7 Å². The lowest BCUT2D eigenvalue weighted by Gasteiger charge is -2.12. The number of aryl methyl sites for hydroxylation is 1. The van der Waals surface area contributed by atoms with Crippen LogP contribution in [0, 0.1) is 11.3 Å². The zero-order valence-electron chi connectivity index (χ0n) is 10.4. The minimum atomic E-state index is 0.795. The topological polar surface area (TPSA) is 23.8 Å². The molecular formula is C17H12IN. The van der Waals surface area contributed by atoms with Crippen LogP contribution in [0.15, 0.2) is 48.5 Å². The third-order valence-electron chi connectivity index (χ3n) is 3.50. The van der Waals surface area contributed by atoms with Gasteiger partial charge in [0.05, 0.1) is 5.56 Å². The molecule has 0 aliphatic heterocycles. The fourth-order valence-electron chi connectivity index (χ4n) is 2.70. The molecule has 2 heteroatoms. The molecule has 3 rings (SSSR count). The molecular weight excluding hydrogens is 345 g/mol. The molecule has 0 unspecified atom stereocenters. The highest BCUT2D eigenvalue weighted by Gasteiger charge is 2.12. The van der Waals surface area contributed by atoms with Crippen molar-refractivity contribution in [1.82, 2.24) is 0 Å². The number of nitrogens with zero attached hydrogens (tertiary/aromatic N) is 1. The maximum Gasteiger partial charge on any atom is 0.100 e. The summed E-state index contributed by atoms with van der Waals surface area (Å²) >= 11 is 2.41. The highest BCUT2D eigenvalue weighted by Crippen LogP contribution is 2.32. The van der Waals surface area contributed by atoms with Gasteiger partial charge >= 0.3 is 0 Å². The molecule has 0 radical (unpaired) electrons. The van der Waals surface area contributed by atoms with Crippen molar-refractivity contribution in [2.75, 3.05) is 4.43 Å². The number of alkyl halides is 1. The van der Waals surface area contributed by atoms with Crippen LogP contribution in [0.2, 0.25) is 0 Å². The monoisotopic (exact) mass is 357 g/mol. The Morgan fingerprint density at radius 3 is 1.74 bits per heavy atom. The SMILES string of the molecule is N#Cc1c2ccccc2c(CCI)c2ccccc12. The van der Waals surface area contributed by atoms with E-state index in [1.165, 1.54) is 16.3 Å². The Balaban J connectivity index is 2.58. The van der Waals surface area contributed by atoms with Gasteiger partial charge in [-0.2, -0.15) is 5.26 Å². The quantitative estimate of drug-likeness (QED) is 0.366. The van der Waals surface area contributed by atoms with E-state index in [1.807, 2.05) is 12.1 Å². The minimum absolute atomic E-state index is 0.795. The highest BCUT2D eigenvalue weighted by molar-refractivity contribution is 14.1. The van der Waals surface area contributed by atoms with Gasteiger partial charge in [0.1, 0.15) is 6.07 Å². The molecule has 0 fully saturated rings. The molecule has 0 atom stereocenters. The molecule has 0 saturated heterocycles. The standard InChI is InChI=1S/C17H12IN/c18-10-9-16-12-5-1-3-7-14(12)17(11-19)15-8-4-2-6-13(15)16/h1-8H,9-10H2. The smallest absolute Gasteiger partial charge is 0.100 e. The molecule has 3 aromatic rings. The summed E-state index contributed by atoms with van der Waals surface area (Å²) in [6, 6.07) is 18.9. The molecule has 0 aromatic heterocycles. The summed E-state index contributed by atoms with van der Waals surface area (Å²) in [6.07, 6.45) is 1.04. The van der Waals surface area contributed by atoms with Gasteiger partial charge in [-0.15, -0.1) is 0 Å². The zero-order chi connectivity index (χ0) is 13.2. The number of hydrogen-bond donors (Lipinski definition) is 0. The number of nitriles is 1. The molecule has 1 nitrogen and oxygen atoms in total. The van der Waals surface area contributed by atoms with E-state index in [0.29, 0.717) is 0 Å². The van der Waals surface area contributed by atoms with E-state index < -0.39 is 0 Å². The Bertz CT molecular complexity index is 742. The minimum Gasteiger partial charge on any atom is -0.192 e. The van der Waals surface area contributed by atoms with E-state index in [4.69, 9.17) is 0 Å². The second-order valence-electron chi connectivity index (χ2n) is 4.50. The Kier molecular flexibility index (Phi) is 3.39. The van der Waals surface area contributed by atoms with Crippen LogP contribution in [0.25, 0.3) is 21.5 Å². The van der Waals surface area contributed by atoms with Crippen LogP contribution in [-0.4, -0.2) is 4.43 Å². The number of halogens is 1. The van der Waals surface area contributed by atoms with Crippen molar-refractivity contribution in [2.24, 2.45) is 0 Å². The Morgan fingerprint density at radius 1 is 0.842 bits per heavy atom. The third kappa shape index (κ3) is 1.98. The van der Waals surface area contributed by atoms with Crippen molar-refractivity contribution in [1.29, 1.82) is 5.26 Å². The zero-order valence-corrected chi connectivity index (χ0v) is 12.5. The van der Waals surface area contributed by atoms with Gasteiger partial charge in [-0.05, 0) is 22.8 Å². The predicted molar refractivity (Wildman–Crippen MR) is 88.8 cm³/mol. The first-order chi connectivity index (χ1) is 9.36. The molecule has 3 aromatic carbocycles. The van der Waals surface area contributed by atoms with E-state index in [2.05, 4.69) is 65.1 Å². The number of rotatable bonds is 2. The van der Waals surface area contributed by atoms with Gasteiger partial charge in [-0.3, -0.25) is 0 Å². The second kappa shape index (κ2) is 5.18. The molecule has 0 amide bonds. The van der Waals surface area contributed by atoms with Crippen LogP contribution in [0.5, 0.6) is 0 Å². The molecule has 0 aliphatic rings. The van der Waals surface area contributed by atoms with Crippen LogP contribution < -0.4 is 0 Å². The highest BCUT2D eigenvalue weighted by atomic mass is 127. The van der Waals surface area contributed by atoms with Gasteiger partial charge in [-0.1, -0.05) is 71.1 Å². The van der Waals surface area contributed by atoms with Crippen molar-refractivity contribution in [3.8, 4) is 6.07 Å². The molecule has 0 N–H and O–H groups in total. The van der Waals surface area contributed by atoms with Gasteiger partial charge in [0, 0.05) is 15.2 Å². The fraction of sp³-hybridized carbons (Fsp3) is 0.118. The van der Waals surface area contributed by atoms with Crippen molar-refractivity contribution in [2.45, 2.75) is 6.42 Å². The summed E-state index contributed by atoms with van der Waals surface area (Å²) in [5.41, 5.74) is 2.16. The maximum absolute atomic E-state index is 9.50. The number of fused-ring (bicyclic) bond motifs is 2. The lowest BCUT2D eigenvalue weighted by Crippen LogP contribution is -1.94. The molecule has 0 saturated carbocycles. The van der Waals surface area contributed by atoms with Gasteiger partial charge in [0.2, 0.25) is 0 Å². The molecule has 92 valence electrons. The summed E-state index contributed by atoms with van der Waals surface area (Å²) in [6.45, 7) is 0. The molecule has 0 aliphatic carbocycles. The number of benzene rings is 3. The number of hydrogen-bond acceptors (Lipinski definition) is 1. The summed E-state index contributed by atoms with van der Waals surface area (Å²) in [5, 5.41) is 14.1. The average Bonchev–Trinajstić information content (AvgIpc) is 2.47. The Hall–Kier alpha value is -1.60. The van der Waals surface area contributed by atoms with Gasteiger partial charge < -0.3 is 0 Å². The van der Waals surface area contributed by atoms with Crippen LogP contribution in [0.3, 0.4) is 0 Å². The maximum atomic E-state index is 9.50. The lowest BCUT2D eigenvalue weighted by molar-refractivity contribution is 1.22. The lowest BCUT2D eigenvalue weighted by atomic mass is 9.91. The van der Waals surface area contributed by atoms with Crippen molar-refractivity contribution >= 4 is 44.1 Å². The second-order valence-corrected chi connectivity index (χ2v) is 5.57. The Morgan fingerprint density at radius 2 is 1.32 bits per heavy atom. The van der Waals surface area contributed by atoms with Crippen LogP contribution in [0.1, 0.15) is 11.1 Å². The molecule has 0 spiro atoms. The van der Waals surface area contributed by atoms with Crippen LogP contribution in [-0.2, 0) is 6.42 Å². The van der Waals surface area contributed by atoms with Crippen LogP contribution in [0.4, 0.5) is 0 Å². The van der Waals surface area contributed by atoms with Crippen LogP contribution >= 0.6 is 22.6 Å². The summed E-state index contributed by atoms with van der Waals surface area (Å²) in [5.74, 6) is 0. The van der Waals surface area contributed by atoms with E-state index >= 15 is 0 Å². The first-order valence-corrected chi connectivity index (χ1v) is 7.77. The first-order valence-electron chi connectivity index (χ1n) is 6.25. The van der Waals surface area contributed by atoms with Gasteiger partial charge in [-0.25, -0.2) is 0 Å². The van der Waals surface area contributed by atoms with E-state index in [0.717, 1.165) is 27.2 Å². The summed E-state index contributed by atoms with van der Waals surface area (Å²) in [7, 11) is 0. The molecule has 19 heavy (non-hydrogen) atoms. The van der Waals surface area contributed by atoms with Crippen molar-refractivity contribution in [3.63, 3.8) is 0 Å². The van der Waals surface area contributed by atoms with Gasteiger partial charge in [0.15, 0.2) is 0 Å². The normalized spacial score (nSPS) is 10.7. The first kappa shape index (κ1) is 12.4. The molecule has 0 bridgehead atoms. The van der Waals surface area contributed by atoms with E-state index in [-0.39, 0.29) is 0 Å². The predicted octanol–water partition coefficient (Wildman–Crippen LogP) is 4.84. The molecule has 0 heterocycles. The van der Waals surface area contributed by atoms with E-state index in [1.54, 1.807) is 0 Å². The summed E-state index contributed by atoms with van der Waals surface area (Å²) in [4.78, 5) is 0. The third-order valence-corrected chi connectivity index (χ3v) is 4.04. The largest absolute Gasteiger partial charge is 0.192 e. The summed E-state index contributed by atoms with van der Waals surface area (Å²) < 4.78 is 1.08.